The van der Waals surface area contributed by atoms with Crippen LogP contribution in [0.5, 0.6) is 5.75 Å². The number of methoxy groups -OCH3 is 1. The maximum absolute atomic E-state index is 11.7. The Morgan fingerprint density at radius 2 is 2.21 bits per heavy atom. The minimum atomic E-state index is -0.139. The maximum Gasteiger partial charge on any atom is 0.238 e. The highest BCUT2D eigenvalue weighted by Crippen LogP contribution is 2.28. The van der Waals surface area contributed by atoms with Crippen molar-refractivity contribution in [2.45, 2.75) is 6.92 Å². The first-order chi connectivity index (χ1) is 9.17. The average Bonchev–Trinajstić information content (AvgIpc) is 2.38. The smallest absolute Gasteiger partial charge is 0.238 e. The van der Waals surface area contributed by atoms with Gasteiger partial charge in [-0.2, -0.15) is 0 Å². The zero-order valence-electron chi connectivity index (χ0n) is 11.2. The Bertz CT molecular complexity index is 413. The number of hydrogen-bond acceptors (Lipinski definition) is 4. The molecule has 106 valence electrons. The van der Waals surface area contributed by atoms with Crippen molar-refractivity contribution >= 4 is 23.2 Å². The summed E-state index contributed by atoms with van der Waals surface area (Å²) >= 11 is 5.89. The fourth-order valence-corrected chi connectivity index (χ4v) is 1.61. The summed E-state index contributed by atoms with van der Waals surface area (Å²) in [5.41, 5.74) is 0.616. The van der Waals surface area contributed by atoms with Crippen molar-refractivity contribution in [3.05, 3.63) is 23.2 Å². The molecule has 0 bridgehead atoms. The van der Waals surface area contributed by atoms with Crippen LogP contribution < -0.4 is 15.4 Å². The Hall–Kier alpha value is -1.30. The molecular weight excluding hydrogens is 268 g/mol. The molecular formula is C13H19ClN2O3. The average molecular weight is 287 g/mol. The van der Waals surface area contributed by atoms with E-state index in [4.69, 9.17) is 21.1 Å². The minimum absolute atomic E-state index is 0.139. The van der Waals surface area contributed by atoms with E-state index in [0.29, 0.717) is 36.2 Å². The Kier molecular flexibility index (Phi) is 7.25. The van der Waals surface area contributed by atoms with E-state index in [-0.39, 0.29) is 12.5 Å². The lowest BCUT2D eigenvalue weighted by molar-refractivity contribution is -0.115. The molecule has 5 nitrogen and oxygen atoms in total. The van der Waals surface area contributed by atoms with Gasteiger partial charge in [-0.25, -0.2) is 0 Å². The summed E-state index contributed by atoms with van der Waals surface area (Å²) in [4.78, 5) is 11.7. The molecule has 1 aromatic carbocycles. The van der Waals surface area contributed by atoms with Gasteiger partial charge in [0, 0.05) is 24.7 Å². The van der Waals surface area contributed by atoms with Gasteiger partial charge in [-0.15, -0.1) is 0 Å². The number of halogens is 1. The SMILES string of the molecule is CCOc1cc(Cl)ccc1NC(=O)CNCCOC. The number of anilines is 1. The van der Waals surface area contributed by atoms with Crippen LogP contribution in [0.1, 0.15) is 6.92 Å². The topological polar surface area (TPSA) is 59.6 Å². The van der Waals surface area contributed by atoms with Crippen LogP contribution >= 0.6 is 11.6 Å². The molecule has 0 aromatic heterocycles. The fourth-order valence-electron chi connectivity index (χ4n) is 1.44. The molecule has 0 aliphatic heterocycles. The number of amides is 1. The molecule has 0 saturated heterocycles. The molecule has 19 heavy (non-hydrogen) atoms. The third-order valence-corrected chi connectivity index (χ3v) is 2.52. The monoisotopic (exact) mass is 286 g/mol. The van der Waals surface area contributed by atoms with Gasteiger partial charge in [0.15, 0.2) is 0 Å². The molecule has 0 radical (unpaired) electrons. The highest BCUT2D eigenvalue weighted by molar-refractivity contribution is 6.30. The molecule has 1 rings (SSSR count). The van der Waals surface area contributed by atoms with Gasteiger partial charge in [0.2, 0.25) is 5.91 Å². The van der Waals surface area contributed by atoms with E-state index in [1.54, 1.807) is 25.3 Å². The Morgan fingerprint density at radius 3 is 2.89 bits per heavy atom. The molecule has 1 aromatic rings. The summed E-state index contributed by atoms with van der Waals surface area (Å²) in [6.07, 6.45) is 0. The van der Waals surface area contributed by atoms with Crippen LogP contribution in [0.25, 0.3) is 0 Å². The molecule has 0 spiro atoms. The standard InChI is InChI=1S/C13H19ClN2O3/c1-3-19-12-8-10(14)4-5-11(12)16-13(17)9-15-6-7-18-2/h4-5,8,15H,3,6-7,9H2,1-2H3,(H,16,17). The highest BCUT2D eigenvalue weighted by Gasteiger charge is 2.08. The number of rotatable bonds is 8. The van der Waals surface area contributed by atoms with Crippen LogP contribution in [0, 0.1) is 0 Å². The Morgan fingerprint density at radius 1 is 1.42 bits per heavy atom. The predicted molar refractivity (Wildman–Crippen MR) is 76.0 cm³/mol. The van der Waals surface area contributed by atoms with Crippen LogP contribution in [0.2, 0.25) is 5.02 Å². The van der Waals surface area contributed by atoms with Crippen molar-refractivity contribution in [3.63, 3.8) is 0 Å². The van der Waals surface area contributed by atoms with E-state index in [1.165, 1.54) is 0 Å². The summed E-state index contributed by atoms with van der Waals surface area (Å²) in [5, 5.41) is 6.31. The van der Waals surface area contributed by atoms with Crippen molar-refractivity contribution in [1.82, 2.24) is 5.32 Å². The van der Waals surface area contributed by atoms with Gasteiger partial charge in [-0.3, -0.25) is 4.79 Å². The second-order valence-electron chi connectivity index (χ2n) is 3.79. The first-order valence-corrected chi connectivity index (χ1v) is 6.47. The first kappa shape index (κ1) is 15.8. The van der Waals surface area contributed by atoms with Gasteiger partial charge < -0.3 is 20.1 Å². The maximum atomic E-state index is 11.7. The van der Waals surface area contributed by atoms with Crippen LogP contribution in [-0.4, -0.2) is 39.3 Å². The summed E-state index contributed by atoms with van der Waals surface area (Å²) in [7, 11) is 1.61. The number of ether oxygens (including phenoxy) is 2. The van der Waals surface area contributed by atoms with E-state index in [1.807, 2.05) is 6.92 Å². The summed E-state index contributed by atoms with van der Waals surface area (Å²) < 4.78 is 10.3. The summed E-state index contributed by atoms with van der Waals surface area (Å²) in [6.45, 7) is 3.80. The van der Waals surface area contributed by atoms with Gasteiger partial charge in [-0.1, -0.05) is 11.6 Å². The minimum Gasteiger partial charge on any atom is -0.492 e. The number of carbonyl (C=O) groups is 1. The molecule has 0 atom stereocenters. The van der Waals surface area contributed by atoms with Crippen LogP contribution in [0.4, 0.5) is 5.69 Å². The lowest BCUT2D eigenvalue weighted by atomic mass is 10.3. The molecule has 2 N–H and O–H groups in total. The third kappa shape index (κ3) is 5.92. The predicted octanol–water partition coefficient (Wildman–Crippen LogP) is 1.91. The molecule has 0 aliphatic rings. The normalized spacial score (nSPS) is 10.3. The molecule has 0 saturated carbocycles. The summed E-state index contributed by atoms with van der Waals surface area (Å²) in [5.74, 6) is 0.430. The van der Waals surface area contributed by atoms with Gasteiger partial charge >= 0.3 is 0 Å². The fraction of sp³-hybridized carbons (Fsp3) is 0.462. The van der Waals surface area contributed by atoms with Gasteiger partial charge in [-0.05, 0) is 19.1 Å². The van der Waals surface area contributed by atoms with E-state index >= 15 is 0 Å². The molecule has 0 heterocycles. The first-order valence-electron chi connectivity index (χ1n) is 6.09. The Labute approximate surface area is 118 Å². The van der Waals surface area contributed by atoms with Crippen LogP contribution in [-0.2, 0) is 9.53 Å². The quantitative estimate of drug-likeness (QED) is 0.717. The number of hydrogen-bond donors (Lipinski definition) is 2. The summed E-state index contributed by atoms with van der Waals surface area (Å²) in [6, 6.07) is 5.11. The largest absolute Gasteiger partial charge is 0.492 e. The van der Waals surface area contributed by atoms with E-state index in [2.05, 4.69) is 10.6 Å². The van der Waals surface area contributed by atoms with Crippen molar-refractivity contribution < 1.29 is 14.3 Å². The third-order valence-electron chi connectivity index (χ3n) is 2.29. The highest BCUT2D eigenvalue weighted by atomic mass is 35.5. The van der Waals surface area contributed by atoms with E-state index in [0.717, 1.165) is 0 Å². The molecule has 0 unspecified atom stereocenters. The molecule has 6 heteroatoms. The zero-order chi connectivity index (χ0) is 14.1. The van der Waals surface area contributed by atoms with Gasteiger partial charge in [0.05, 0.1) is 25.4 Å². The van der Waals surface area contributed by atoms with Crippen LogP contribution in [0.15, 0.2) is 18.2 Å². The van der Waals surface area contributed by atoms with E-state index < -0.39 is 0 Å². The van der Waals surface area contributed by atoms with Crippen molar-refractivity contribution in [1.29, 1.82) is 0 Å². The number of benzene rings is 1. The second-order valence-corrected chi connectivity index (χ2v) is 4.23. The zero-order valence-corrected chi connectivity index (χ0v) is 11.9. The van der Waals surface area contributed by atoms with Crippen molar-refractivity contribution in [2.75, 3.05) is 38.7 Å². The molecule has 0 fully saturated rings. The van der Waals surface area contributed by atoms with Crippen LogP contribution in [0.3, 0.4) is 0 Å². The Balaban J connectivity index is 2.53. The van der Waals surface area contributed by atoms with Crippen molar-refractivity contribution in [2.24, 2.45) is 0 Å². The van der Waals surface area contributed by atoms with E-state index in [9.17, 15) is 4.79 Å². The lowest BCUT2D eigenvalue weighted by Crippen LogP contribution is -2.30. The molecule has 1 amide bonds. The lowest BCUT2D eigenvalue weighted by Gasteiger charge is -2.12. The van der Waals surface area contributed by atoms with Crippen molar-refractivity contribution in [3.8, 4) is 5.75 Å². The van der Waals surface area contributed by atoms with Gasteiger partial charge in [0.25, 0.3) is 0 Å². The number of nitrogens with one attached hydrogen (secondary N) is 2. The molecule has 0 aliphatic carbocycles. The number of carbonyl (C=O) groups excluding carboxylic acids is 1. The second kappa shape index (κ2) is 8.74. The van der Waals surface area contributed by atoms with Gasteiger partial charge in [0.1, 0.15) is 5.75 Å².